The number of para-hydroxylation sites is 1. The Morgan fingerprint density at radius 1 is 1.00 bits per heavy atom. The Morgan fingerprint density at radius 3 is 2.40 bits per heavy atom. The summed E-state index contributed by atoms with van der Waals surface area (Å²) in [7, 11) is 0. The average molecular weight is 277 g/mol. The molecule has 0 amide bonds. The highest BCUT2D eigenvalue weighted by Gasteiger charge is 2.30. The van der Waals surface area contributed by atoms with Crippen molar-refractivity contribution in [2.45, 2.75) is 37.8 Å². The van der Waals surface area contributed by atoms with Gasteiger partial charge in [-0.15, -0.1) is 0 Å². The highest BCUT2D eigenvalue weighted by molar-refractivity contribution is 5.48. The normalized spacial score (nSPS) is 28.6. The van der Waals surface area contributed by atoms with Gasteiger partial charge in [0, 0.05) is 38.3 Å². The lowest BCUT2D eigenvalue weighted by atomic mass is 9.89. The van der Waals surface area contributed by atoms with Crippen molar-refractivity contribution in [3.8, 4) is 0 Å². The first kappa shape index (κ1) is 13.8. The first-order chi connectivity index (χ1) is 9.75. The number of nitrogens with two attached hydrogens (primary N) is 1. The van der Waals surface area contributed by atoms with Crippen molar-refractivity contribution < 1.29 is 4.39 Å². The summed E-state index contributed by atoms with van der Waals surface area (Å²) in [6.45, 7) is 3.77. The molecule has 1 aromatic carbocycles. The molecule has 2 N–H and O–H groups in total. The maximum absolute atomic E-state index is 13.8. The number of hydrogen-bond acceptors (Lipinski definition) is 3. The number of benzene rings is 1. The fraction of sp³-hybridized carbons (Fsp3) is 0.625. The Morgan fingerprint density at radius 2 is 1.70 bits per heavy atom. The number of anilines is 1. The number of halogens is 1. The lowest BCUT2D eigenvalue weighted by molar-refractivity contribution is 0.130. The quantitative estimate of drug-likeness (QED) is 0.899. The van der Waals surface area contributed by atoms with Crippen molar-refractivity contribution in [1.29, 1.82) is 0 Å². The van der Waals surface area contributed by atoms with Crippen molar-refractivity contribution in [2.75, 3.05) is 31.1 Å². The zero-order chi connectivity index (χ0) is 13.9. The predicted octanol–water partition coefficient (Wildman–Crippen LogP) is 2.22. The minimum Gasteiger partial charge on any atom is -0.367 e. The summed E-state index contributed by atoms with van der Waals surface area (Å²) < 4.78 is 13.8. The SMILES string of the molecule is N[C@@H]1CCCC[C@H]1N1CCN(c2ccccc2F)CC1. The van der Waals surface area contributed by atoms with Gasteiger partial charge >= 0.3 is 0 Å². The molecular weight excluding hydrogens is 253 g/mol. The van der Waals surface area contributed by atoms with Crippen LogP contribution >= 0.6 is 0 Å². The molecule has 0 aromatic heterocycles. The van der Waals surface area contributed by atoms with E-state index in [2.05, 4.69) is 9.80 Å². The van der Waals surface area contributed by atoms with Gasteiger partial charge in [0.05, 0.1) is 5.69 Å². The van der Waals surface area contributed by atoms with Crippen molar-refractivity contribution in [3.05, 3.63) is 30.1 Å². The van der Waals surface area contributed by atoms with Gasteiger partial charge in [0.15, 0.2) is 0 Å². The molecule has 0 unspecified atom stereocenters. The van der Waals surface area contributed by atoms with Crippen LogP contribution in [0.3, 0.4) is 0 Å². The van der Waals surface area contributed by atoms with Crippen LogP contribution < -0.4 is 10.6 Å². The highest BCUT2D eigenvalue weighted by atomic mass is 19.1. The molecule has 3 nitrogen and oxygen atoms in total. The Labute approximate surface area is 120 Å². The first-order valence-electron chi connectivity index (χ1n) is 7.75. The summed E-state index contributed by atoms with van der Waals surface area (Å²) in [5, 5.41) is 0. The summed E-state index contributed by atoms with van der Waals surface area (Å²) in [5.41, 5.74) is 7.00. The smallest absolute Gasteiger partial charge is 0.146 e. The third kappa shape index (κ3) is 2.81. The van der Waals surface area contributed by atoms with E-state index in [0.29, 0.717) is 12.1 Å². The van der Waals surface area contributed by atoms with Crippen LogP contribution in [0.5, 0.6) is 0 Å². The summed E-state index contributed by atoms with van der Waals surface area (Å²) in [6.07, 6.45) is 4.94. The van der Waals surface area contributed by atoms with Crippen LogP contribution in [0.2, 0.25) is 0 Å². The van der Waals surface area contributed by atoms with Gasteiger partial charge in [0.25, 0.3) is 0 Å². The molecule has 110 valence electrons. The molecule has 1 saturated heterocycles. The molecule has 1 aromatic rings. The molecule has 3 rings (SSSR count). The van der Waals surface area contributed by atoms with Gasteiger partial charge in [-0.1, -0.05) is 25.0 Å². The zero-order valence-electron chi connectivity index (χ0n) is 12.0. The summed E-state index contributed by atoms with van der Waals surface area (Å²) >= 11 is 0. The fourth-order valence-corrected chi connectivity index (χ4v) is 3.60. The number of hydrogen-bond donors (Lipinski definition) is 1. The van der Waals surface area contributed by atoms with Crippen LogP contribution in [-0.4, -0.2) is 43.2 Å². The van der Waals surface area contributed by atoms with E-state index in [-0.39, 0.29) is 5.82 Å². The fourth-order valence-electron chi connectivity index (χ4n) is 3.60. The van der Waals surface area contributed by atoms with Gasteiger partial charge < -0.3 is 10.6 Å². The van der Waals surface area contributed by atoms with E-state index >= 15 is 0 Å². The van der Waals surface area contributed by atoms with E-state index < -0.39 is 0 Å². The van der Waals surface area contributed by atoms with Crippen molar-refractivity contribution in [3.63, 3.8) is 0 Å². The molecule has 4 heteroatoms. The van der Waals surface area contributed by atoms with E-state index in [1.54, 1.807) is 12.1 Å². The van der Waals surface area contributed by atoms with Gasteiger partial charge in [-0.3, -0.25) is 4.90 Å². The van der Waals surface area contributed by atoms with E-state index in [9.17, 15) is 4.39 Å². The molecule has 0 spiro atoms. The standard InChI is InChI=1S/C16H24FN3/c17-13-5-1-3-7-15(13)19-9-11-20(12-10-19)16-8-4-2-6-14(16)18/h1,3,5,7,14,16H,2,4,6,8-12,18H2/t14-,16-/m1/s1. The largest absolute Gasteiger partial charge is 0.367 e. The van der Waals surface area contributed by atoms with Gasteiger partial charge in [0.1, 0.15) is 5.82 Å². The van der Waals surface area contributed by atoms with Crippen LogP contribution in [0, 0.1) is 5.82 Å². The Bertz CT molecular complexity index is 443. The number of piperazine rings is 1. The molecule has 2 fully saturated rings. The second-order valence-corrected chi connectivity index (χ2v) is 5.99. The van der Waals surface area contributed by atoms with E-state index in [4.69, 9.17) is 5.73 Å². The summed E-state index contributed by atoms with van der Waals surface area (Å²) in [5.74, 6) is -0.115. The second kappa shape index (κ2) is 6.10. The number of rotatable bonds is 2. The van der Waals surface area contributed by atoms with Gasteiger partial charge in [0.2, 0.25) is 0 Å². The van der Waals surface area contributed by atoms with Crippen LogP contribution in [0.15, 0.2) is 24.3 Å². The lowest BCUT2D eigenvalue weighted by Crippen LogP contribution is -2.56. The van der Waals surface area contributed by atoms with Crippen molar-refractivity contribution in [2.24, 2.45) is 5.73 Å². The topological polar surface area (TPSA) is 32.5 Å². The molecule has 2 atom stereocenters. The third-order valence-corrected chi connectivity index (χ3v) is 4.76. The number of nitrogens with zero attached hydrogens (tertiary/aromatic N) is 2. The lowest BCUT2D eigenvalue weighted by Gasteiger charge is -2.43. The summed E-state index contributed by atoms with van der Waals surface area (Å²) in [6, 6.07) is 7.92. The Hall–Kier alpha value is -1.13. The molecule has 2 aliphatic rings. The monoisotopic (exact) mass is 277 g/mol. The maximum atomic E-state index is 13.8. The zero-order valence-corrected chi connectivity index (χ0v) is 12.0. The second-order valence-electron chi connectivity index (χ2n) is 5.99. The van der Waals surface area contributed by atoms with E-state index in [1.807, 2.05) is 12.1 Å². The van der Waals surface area contributed by atoms with E-state index in [1.165, 1.54) is 19.3 Å². The molecule has 1 heterocycles. The predicted molar refractivity (Wildman–Crippen MR) is 80.4 cm³/mol. The van der Waals surface area contributed by atoms with Crippen LogP contribution in [0.1, 0.15) is 25.7 Å². The summed E-state index contributed by atoms with van der Waals surface area (Å²) in [4.78, 5) is 4.67. The molecule has 1 saturated carbocycles. The Balaban J connectivity index is 1.61. The van der Waals surface area contributed by atoms with E-state index in [0.717, 1.165) is 38.3 Å². The third-order valence-electron chi connectivity index (χ3n) is 4.76. The maximum Gasteiger partial charge on any atom is 0.146 e. The molecule has 1 aliphatic heterocycles. The van der Waals surface area contributed by atoms with Crippen molar-refractivity contribution in [1.82, 2.24) is 4.90 Å². The molecule has 1 aliphatic carbocycles. The molecule has 20 heavy (non-hydrogen) atoms. The average Bonchev–Trinajstić information content (AvgIpc) is 2.49. The van der Waals surface area contributed by atoms with Crippen LogP contribution in [-0.2, 0) is 0 Å². The molecule has 0 bridgehead atoms. The van der Waals surface area contributed by atoms with Crippen molar-refractivity contribution >= 4 is 5.69 Å². The first-order valence-corrected chi connectivity index (χ1v) is 7.75. The Kier molecular flexibility index (Phi) is 4.22. The van der Waals surface area contributed by atoms with Gasteiger partial charge in [-0.2, -0.15) is 0 Å². The van der Waals surface area contributed by atoms with Gasteiger partial charge in [-0.05, 0) is 25.0 Å². The molecular formula is C16H24FN3. The van der Waals surface area contributed by atoms with Crippen LogP contribution in [0.4, 0.5) is 10.1 Å². The minimum atomic E-state index is -0.115. The highest BCUT2D eigenvalue weighted by Crippen LogP contribution is 2.25. The van der Waals surface area contributed by atoms with Crippen LogP contribution in [0.25, 0.3) is 0 Å². The molecule has 0 radical (unpaired) electrons. The van der Waals surface area contributed by atoms with Gasteiger partial charge in [-0.25, -0.2) is 4.39 Å². The minimum absolute atomic E-state index is 0.115.